The molecule has 0 aliphatic carbocycles. The lowest BCUT2D eigenvalue weighted by Gasteiger charge is -2.53. The maximum Gasteiger partial charge on any atom is 0.354 e. The summed E-state index contributed by atoms with van der Waals surface area (Å²) in [5.74, 6) is -1.11. The van der Waals surface area contributed by atoms with Crippen LogP contribution < -0.4 is 5.11 Å². The van der Waals surface area contributed by atoms with Gasteiger partial charge >= 0.3 is 5.97 Å². The minimum Gasteiger partial charge on any atom is -0.874 e. The highest BCUT2D eigenvalue weighted by Gasteiger charge is 2.52. The smallest absolute Gasteiger partial charge is 0.354 e. The van der Waals surface area contributed by atoms with E-state index in [9.17, 15) is 24.8 Å². The molecule has 0 bridgehead atoms. The van der Waals surface area contributed by atoms with Crippen LogP contribution in [-0.2, 0) is 20.9 Å². The molecular formula is C27H33N3O6S. The molecule has 10 heteroatoms. The van der Waals surface area contributed by atoms with Crippen LogP contribution in [-0.4, -0.2) is 57.7 Å². The number of allylic oxidation sites excluding steroid dienone is 1. The van der Waals surface area contributed by atoms with Crippen LogP contribution in [0.3, 0.4) is 0 Å². The minimum absolute atomic E-state index is 0.0718. The summed E-state index contributed by atoms with van der Waals surface area (Å²) in [6.07, 6.45) is 0.0310. The number of ether oxygens (including phenoxy) is 1. The van der Waals surface area contributed by atoms with Gasteiger partial charge in [0, 0.05) is 22.8 Å². The number of quaternary nitrogens is 1. The van der Waals surface area contributed by atoms with E-state index in [1.807, 2.05) is 51.1 Å². The number of rotatable bonds is 13. The predicted molar refractivity (Wildman–Crippen MR) is 139 cm³/mol. The average molecular weight is 528 g/mol. The number of nitro benzene ring substituents is 1. The fourth-order valence-electron chi connectivity index (χ4n) is 4.59. The van der Waals surface area contributed by atoms with E-state index in [4.69, 9.17) is 4.74 Å². The number of amides is 1. The Morgan fingerprint density at radius 1 is 1.08 bits per heavy atom. The molecule has 1 atom stereocenters. The van der Waals surface area contributed by atoms with E-state index in [0.29, 0.717) is 15.8 Å². The zero-order valence-corrected chi connectivity index (χ0v) is 22.2. The molecular weight excluding hydrogens is 494 g/mol. The van der Waals surface area contributed by atoms with Crippen molar-refractivity contribution in [3.63, 3.8) is 0 Å². The maximum atomic E-state index is 13.4. The molecule has 1 amide bonds. The highest BCUT2D eigenvalue weighted by Crippen LogP contribution is 2.35. The predicted octanol–water partition coefficient (Wildman–Crippen LogP) is 3.83. The number of nitrogens with zero attached hydrogens (tertiary/aromatic N) is 3. The second-order valence-corrected chi connectivity index (χ2v) is 9.97. The van der Waals surface area contributed by atoms with Gasteiger partial charge < -0.3 is 14.3 Å². The molecule has 1 heterocycles. The van der Waals surface area contributed by atoms with Crippen molar-refractivity contribution in [3.05, 3.63) is 81.7 Å². The molecule has 0 N–H and O–H groups in total. The monoisotopic (exact) mass is 527 g/mol. The zero-order chi connectivity index (χ0) is 27.0. The molecule has 0 saturated carbocycles. The first kappa shape index (κ1) is 28.2. The van der Waals surface area contributed by atoms with Crippen molar-refractivity contribution in [1.82, 2.24) is 4.90 Å². The number of benzene rings is 2. The number of thioether (sulfide) groups is 1. The van der Waals surface area contributed by atoms with Gasteiger partial charge in [0.05, 0.1) is 24.6 Å². The number of esters is 1. The number of carbonyl (C=O) groups is 2. The summed E-state index contributed by atoms with van der Waals surface area (Å²) in [6.45, 7) is 8.21. The Bertz CT molecular complexity index is 1120. The number of likely N-dealkylation sites (tertiary alicyclic amines) is 1. The normalized spacial score (nSPS) is 16.1. The molecule has 1 unspecified atom stereocenters. The van der Waals surface area contributed by atoms with Gasteiger partial charge in [0.15, 0.2) is 6.17 Å². The second-order valence-electron chi connectivity index (χ2n) is 8.80. The Morgan fingerprint density at radius 2 is 1.70 bits per heavy atom. The number of nitro groups is 1. The van der Waals surface area contributed by atoms with Gasteiger partial charge in [-0.05, 0) is 57.0 Å². The average Bonchev–Trinajstić information content (AvgIpc) is 2.91. The zero-order valence-electron chi connectivity index (χ0n) is 21.4. The standard InChI is InChI=1S/C27H33N3O6S/c1-4-30(5-2,6-3)24-18-25(32)28(24)26(23(31)16-17-37-22-10-8-7-9-11-22)27(33)36-19-20-12-14-21(15-13-20)29(34)35/h7-15,24H,4-6,16-19H2,1-3H3. The molecule has 1 fully saturated rings. The third kappa shape index (κ3) is 6.50. The maximum absolute atomic E-state index is 13.4. The molecule has 1 saturated heterocycles. The van der Waals surface area contributed by atoms with Gasteiger partial charge in [0.1, 0.15) is 18.7 Å². The summed E-state index contributed by atoms with van der Waals surface area (Å²) in [7, 11) is 0. The molecule has 2 aromatic carbocycles. The number of hydrogen-bond donors (Lipinski definition) is 0. The van der Waals surface area contributed by atoms with E-state index in [1.165, 1.54) is 40.9 Å². The Morgan fingerprint density at radius 3 is 2.24 bits per heavy atom. The molecule has 1 aliphatic rings. The van der Waals surface area contributed by atoms with E-state index >= 15 is 0 Å². The topological polar surface area (TPSA) is 113 Å². The second kappa shape index (κ2) is 12.7. The molecule has 3 rings (SSSR count). The van der Waals surface area contributed by atoms with Gasteiger partial charge in [-0.3, -0.25) is 19.8 Å². The van der Waals surface area contributed by atoms with Gasteiger partial charge in [0.25, 0.3) is 5.69 Å². The summed E-state index contributed by atoms with van der Waals surface area (Å²) >= 11 is 1.50. The lowest BCUT2D eigenvalue weighted by molar-refractivity contribution is -0.958. The van der Waals surface area contributed by atoms with Crippen LogP contribution in [0.2, 0.25) is 0 Å². The summed E-state index contributed by atoms with van der Waals surface area (Å²) in [5.41, 5.74) is 0.239. The van der Waals surface area contributed by atoms with Crippen molar-refractivity contribution >= 4 is 29.3 Å². The summed E-state index contributed by atoms with van der Waals surface area (Å²) in [5, 5.41) is 24.3. The molecule has 0 radical (unpaired) electrons. The molecule has 1 aliphatic heterocycles. The summed E-state index contributed by atoms with van der Waals surface area (Å²) < 4.78 is 6.05. The Hall–Kier alpha value is -3.37. The summed E-state index contributed by atoms with van der Waals surface area (Å²) in [6, 6.07) is 15.3. The van der Waals surface area contributed by atoms with Crippen LogP contribution in [0.1, 0.15) is 39.2 Å². The lowest BCUT2D eigenvalue weighted by atomic mass is 10.0. The number of β-lactam (4-membered cyclic amide) rings is 1. The number of non-ortho nitro benzene ring substituents is 1. The molecule has 9 nitrogen and oxygen atoms in total. The highest BCUT2D eigenvalue weighted by atomic mass is 32.2. The van der Waals surface area contributed by atoms with Crippen molar-refractivity contribution in [2.75, 3.05) is 25.4 Å². The van der Waals surface area contributed by atoms with Gasteiger partial charge in [-0.15, -0.1) is 11.8 Å². The fraction of sp³-hybridized carbons (Fsp3) is 0.407. The largest absolute Gasteiger partial charge is 0.874 e. The SMILES string of the molecule is CC[N+](CC)(CC)C1CC(=O)N1C(C(=O)OCc1ccc([N+](=O)[O-])cc1)=C([O-])CCSc1ccccc1. The number of carbonyl (C=O) groups excluding carboxylic acids is 2. The summed E-state index contributed by atoms with van der Waals surface area (Å²) in [4.78, 5) is 38.8. The van der Waals surface area contributed by atoms with E-state index in [2.05, 4.69) is 0 Å². The van der Waals surface area contributed by atoms with Crippen LogP contribution in [0.15, 0.2) is 70.9 Å². The van der Waals surface area contributed by atoms with Gasteiger partial charge in [-0.2, -0.15) is 0 Å². The van der Waals surface area contributed by atoms with E-state index < -0.39 is 16.7 Å². The van der Waals surface area contributed by atoms with Gasteiger partial charge in [-0.1, -0.05) is 24.0 Å². The lowest BCUT2D eigenvalue weighted by Crippen LogP contribution is -2.70. The molecule has 198 valence electrons. The van der Waals surface area contributed by atoms with Crippen LogP contribution in [0.25, 0.3) is 0 Å². The van der Waals surface area contributed by atoms with Crippen molar-refractivity contribution in [1.29, 1.82) is 0 Å². The third-order valence-corrected chi connectivity index (χ3v) is 8.02. The van der Waals surface area contributed by atoms with Gasteiger partial charge in [0.2, 0.25) is 5.91 Å². The van der Waals surface area contributed by atoms with Crippen LogP contribution in [0.4, 0.5) is 5.69 Å². The van der Waals surface area contributed by atoms with Crippen LogP contribution in [0, 0.1) is 10.1 Å². The molecule has 0 aromatic heterocycles. The number of hydrogen-bond acceptors (Lipinski definition) is 7. The van der Waals surface area contributed by atoms with Crippen molar-refractivity contribution in [3.8, 4) is 0 Å². The first-order valence-corrected chi connectivity index (χ1v) is 13.4. The highest BCUT2D eigenvalue weighted by molar-refractivity contribution is 7.99. The first-order chi connectivity index (χ1) is 17.8. The van der Waals surface area contributed by atoms with E-state index in [1.54, 1.807) is 0 Å². The fourth-order valence-corrected chi connectivity index (χ4v) is 5.46. The van der Waals surface area contributed by atoms with Crippen molar-refractivity contribution in [2.24, 2.45) is 0 Å². The van der Waals surface area contributed by atoms with Crippen LogP contribution in [0.5, 0.6) is 0 Å². The Balaban J connectivity index is 1.84. The van der Waals surface area contributed by atoms with Crippen LogP contribution >= 0.6 is 11.8 Å². The molecule has 2 aromatic rings. The van der Waals surface area contributed by atoms with E-state index in [0.717, 1.165) is 24.5 Å². The van der Waals surface area contributed by atoms with Crippen molar-refractivity contribution < 1.29 is 28.8 Å². The Labute approximate surface area is 221 Å². The quantitative estimate of drug-likeness (QED) is 0.0569. The molecule has 0 spiro atoms. The minimum atomic E-state index is -0.854. The van der Waals surface area contributed by atoms with E-state index in [-0.39, 0.29) is 42.9 Å². The van der Waals surface area contributed by atoms with Crippen molar-refractivity contribution in [2.45, 2.75) is 51.3 Å². The Kier molecular flexibility index (Phi) is 9.71. The first-order valence-electron chi connectivity index (χ1n) is 12.4. The third-order valence-electron chi connectivity index (χ3n) is 7.00. The molecule has 37 heavy (non-hydrogen) atoms. The van der Waals surface area contributed by atoms with Gasteiger partial charge in [-0.25, -0.2) is 4.79 Å².